The van der Waals surface area contributed by atoms with Crippen LogP contribution < -0.4 is 15.5 Å². The van der Waals surface area contributed by atoms with Crippen molar-refractivity contribution in [2.75, 3.05) is 62.3 Å². The molecular weight excluding hydrogens is 368 g/mol. The number of rotatable bonds is 4. The number of benzene rings is 1. The van der Waals surface area contributed by atoms with Gasteiger partial charge >= 0.3 is 0 Å². The van der Waals surface area contributed by atoms with Crippen molar-refractivity contribution in [2.45, 2.75) is 6.10 Å². The zero-order chi connectivity index (χ0) is 19.6. The molecule has 152 valence electrons. The number of aromatic amines is 1. The van der Waals surface area contributed by atoms with E-state index < -0.39 is 0 Å². The summed E-state index contributed by atoms with van der Waals surface area (Å²) in [5, 5.41) is 8.25. The Kier molecular flexibility index (Phi) is 5.05. The predicted molar refractivity (Wildman–Crippen MR) is 113 cm³/mol. The molecule has 2 aliphatic rings. The fourth-order valence-electron chi connectivity index (χ4n) is 4.20. The number of ether oxygens (including phenoxy) is 2. The lowest BCUT2D eigenvalue weighted by atomic mass is 10.0. The van der Waals surface area contributed by atoms with Gasteiger partial charge in [0.05, 0.1) is 43.2 Å². The van der Waals surface area contributed by atoms with Crippen LogP contribution in [0.25, 0.3) is 22.2 Å². The Balaban J connectivity index is 1.58. The van der Waals surface area contributed by atoms with E-state index in [-0.39, 0.29) is 6.10 Å². The van der Waals surface area contributed by atoms with Crippen LogP contribution >= 0.6 is 0 Å². The van der Waals surface area contributed by atoms with Crippen molar-refractivity contribution in [3.05, 3.63) is 36.7 Å². The van der Waals surface area contributed by atoms with E-state index in [9.17, 15) is 0 Å². The van der Waals surface area contributed by atoms with Crippen molar-refractivity contribution in [1.29, 1.82) is 0 Å². The van der Waals surface area contributed by atoms with Gasteiger partial charge in [0, 0.05) is 50.2 Å². The molecule has 8 heteroatoms. The molecule has 2 aromatic heterocycles. The largest absolute Gasteiger partial charge is 0.378 e. The SMILES string of the molecule is NCC1CN(c2c(-c3cccc(N4CCOCC4)c3)cnc3[nH]ncc23)CCO1. The number of anilines is 2. The Bertz CT molecular complexity index is 984. The molecule has 4 heterocycles. The average molecular weight is 394 g/mol. The maximum Gasteiger partial charge on any atom is 0.157 e. The van der Waals surface area contributed by atoms with Crippen LogP contribution in [0.2, 0.25) is 0 Å². The molecule has 2 saturated heterocycles. The first-order valence-corrected chi connectivity index (χ1v) is 10.2. The number of fused-ring (bicyclic) bond motifs is 1. The number of aromatic nitrogens is 3. The first-order valence-electron chi connectivity index (χ1n) is 10.2. The lowest BCUT2D eigenvalue weighted by molar-refractivity contribution is 0.0467. The van der Waals surface area contributed by atoms with Crippen molar-refractivity contribution >= 4 is 22.4 Å². The van der Waals surface area contributed by atoms with Gasteiger partial charge in [-0.05, 0) is 17.7 Å². The number of hydrogen-bond acceptors (Lipinski definition) is 7. The van der Waals surface area contributed by atoms with Crippen molar-refractivity contribution in [1.82, 2.24) is 15.2 Å². The Morgan fingerprint density at radius 1 is 1.10 bits per heavy atom. The number of pyridine rings is 1. The van der Waals surface area contributed by atoms with Gasteiger partial charge in [-0.15, -0.1) is 0 Å². The first-order chi connectivity index (χ1) is 14.3. The molecular formula is C21H26N6O2. The van der Waals surface area contributed by atoms with E-state index in [4.69, 9.17) is 15.2 Å². The average Bonchev–Trinajstić information content (AvgIpc) is 3.28. The second-order valence-corrected chi connectivity index (χ2v) is 7.48. The molecule has 8 nitrogen and oxygen atoms in total. The van der Waals surface area contributed by atoms with E-state index in [1.54, 1.807) is 0 Å². The number of nitrogens with two attached hydrogens (primary N) is 1. The summed E-state index contributed by atoms with van der Waals surface area (Å²) in [7, 11) is 0. The zero-order valence-corrected chi connectivity index (χ0v) is 16.4. The van der Waals surface area contributed by atoms with Gasteiger partial charge in [-0.1, -0.05) is 12.1 Å². The summed E-state index contributed by atoms with van der Waals surface area (Å²) in [5.74, 6) is 0. The van der Waals surface area contributed by atoms with Gasteiger partial charge in [-0.3, -0.25) is 5.10 Å². The normalized spacial score (nSPS) is 20.4. The fraction of sp³-hybridized carbons (Fsp3) is 0.429. The van der Waals surface area contributed by atoms with Crippen LogP contribution in [0.5, 0.6) is 0 Å². The molecule has 3 aromatic rings. The van der Waals surface area contributed by atoms with Crippen LogP contribution in [-0.4, -0.2) is 73.8 Å². The third-order valence-electron chi connectivity index (χ3n) is 5.70. The smallest absolute Gasteiger partial charge is 0.157 e. The van der Waals surface area contributed by atoms with Gasteiger partial charge < -0.3 is 25.0 Å². The van der Waals surface area contributed by atoms with Gasteiger partial charge in [0.2, 0.25) is 0 Å². The van der Waals surface area contributed by atoms with Gasteiger partial charge in [0.1, 0.15) is 0 Å². The van der Waals surface area contributed by atoms with Crippen LogP contribution in [-0.2, 0) is 9.47 Å². The molecule has 1 aromatic carbocycles. The molecule has 2 aliphatic heterocycles. The van der Waals surface area contributed by atoms with Crippen molar-refractivity contribution in [3.63, 3.8) is 0 Å². The van der Waals surface area contributed by atoms with E-state index >= 15 is 0 Å². The van der Waals surface area contributed by atoms with Crippen LogP contribution in [0.15, 0.2) is 36.7 Å². The molecule has 29 heavy (non-hydrogen) atoms. The van der Waals surface area contributed by atoms with Crippen LogP contribution in [0.1, 0.15) is 0 Å². The van der Waals surface area contributed by atoms with Crippen molar-refractivity contribution < 1.29 is 9.47 Å². The number of nitrogens with zero attached hydrogens (tertiary/aromatic N) is 4. The summed E-state index contributed by atoms with van der Waals surface area (Å²) in [6, 6.07) is 8.68. The van der Waals surface area contributed by atoms with Crippen LogP contribution in [0.3, 0.4) is 0 Å². The minimum absolute atomic E-state index is 0.0337. The molecule has 0 aliphatic carbocycles. The number of hydrogen-bond donors (Lipinski definition) is 2. The number of H-pyrrole nitrogens is 1. The summed E-state index contributed by atoms with van der Waals surface area (Å²) >= 11 is 0. The van der Waals surface area contributed by atoms with E-state index in [2.05, 4.69) is 49.2 Å². The second kappa shape index (κ2) is 7.98. The number of morpholine rings is 2. The number of nitrogens with one attached hydrogen (secondary N) is 1. The molecule has 1 atom stereocenters. The summed E-state index contributed by atoms with van der Waals surface area (Å²) in [6.07, 6.45) is 3.84. The molecule has 0 bridgehead atoms. The highest BCUT2D eigenvalue weighted by atomic mass is 16.5. The minimum atomic E-state index is 0.0337. The molecule has 0 amide bonds. The lowest BCUT2D eigenvalue weighted by Crippen LogP contribution is -2.46. The molecule has 0 spiro atoms. The summed E-state index contributed by atoms with van der Waals surface area (Å²) in [4.78, 5) is 9.35. The van der Waals surface area contributed by atoms with Gasteiger partial charge in [-0.2, -0.15) is 5.10 Å². The lowest BCUT2D eigenvalue weighted by Gasteiger charge is -2.35. The monoisotopic (exact) mass is 394 g/mol. The Labute approximate surface area is 169 Å². The van der Waals surface area contributed by atoms with E-state index in [1.807, 2.05) is 12.4 Å². The van der Waals surface area contributed by atoms with Gasteiger partial charge in [0.25, 0.3) is 0 Å². The minimum Gasteiger partial charge on any atom is -0.378 e. The Morgan fingerprint density at radius 2 is 1.97 bits per heavy atom. The topological polar surface area (TPSA) is 92.5 Å². The predicted octanol–water partition coefficient (Wildman–Crippen LogP) is 1.63. The zero-order valence-electron chi connectivity index (χ0n) is 16.4. The molecule has 5 rings (SSSR count). The summed E-state index contributed by atoms with van der Waals surface area (Å²) in [5.41, 5.74) is 11.3. The fourth-order valence-corrected chi connectivity index (χ4v) is 4.20. The van der Waals surface area contributed by atoms with Crippen LogP contribution in [0, 0.1) is 0 Å². The molecule has 2 fully saturated rings. The summed E-state index contributed by atoms with van der Waals surface area (Å²) < 4.78 is 11.3. The third-order valence-corrected chi connectivity index (χ3v) is 5.70. The third kappa shape index (κ3) is 3.55. The highest BCUT2D eigenvalue weighted by Gasteiger charge is 2.25. The second-order valence-electron chi connectivity index (χ2n) is 7.48. The van der Waals surface area contributed by atoms with E-state index in [1.165, 1.54) is 5.69 Å². The summed E-state index contributed by atoms with van der Waals surface area (Å²) in [6.45, 7) is 6.12. The van der Waals surface area contributed by atoms with E-state index in [0.717, 1.165) is 67.2 Å². The highest BCUT2D eigenvalue weighted by molar-refractivity contribution is 5.98. The quantitative estimate of drug-likeness (QED) is 0.695. The first kappa shape index (κ1) is 18.4. The molecule has 0 saturated carbocycles. The van der Waals surface area contributed by atoms with Gasteiger partial charge in [0.15, 0.2) is 5.65 Å². The maximum atomic E-state index is 5.89. The van der Waals surface area contributed by atoms with Crippen LogP contribution in [0.4, 0.5) is 11.4 Å². The molecule has 1 unspecified atom stereocenters. The Hall–Kier alpha value is -2.68. The van der Waals surface area contributed by atoms with E-state index in [0.29, 0.717) is 13.2 Å². The van der Waals surface area contributed by atoms with Crippen molar-refractivity contribution in [2.24, 2.45) is 5.73 Å². The standard InChI is InChI=1S/C21H26N6O2/c22-11-17-14-27(6-9-29-17)20-18(12-23-21-19(20)13-24-25-21)15-2-1-3-16(10-15)26-4-7-28-8-5-26/h1-3,10,12-13,17H,4-9,11,14,22H2,(H,23,24,25). The highest BCUT2D eigenvalue weighted by Crippen LogP contribution is 2.37. The maximum absolute atomic E-state index is 5.89. The van der Waals surface area contributed by atoms with Gasteiger partial charge in [-0.25, -0.2) is 4.98 Å². The van der Waals surface area contributed by atoms with Crippen molar-refractivity contribution in [3.8, 4) is 11.1 Å². The Morgan fingerprint density at radius 3 is 2.83 bits per heavy atom. The molecule has 3 N–H and O–H groups in total. The molecule has 0 radical (unpaired) electrons.